The van der Waals surface area contributed by atoms with Gasteiger partial charge >= 0.3 is 0 Å². The summed E-state index contributed by atoms with van der Waals surface area (Å²) in [5.74, 6) is 0.949. The third kappa shape index (κ3) is 2.18. The Kier molecular flexibility index (Phi) is 4.02. The molecule has 1 atom stereocenters. The lowest BCUT2D eigenvalue weighted by atomic mass is 10.2. The normalized spacial score (nSPS) is 12.7. The maximum atomic E-state index is 5.37. The Hall–Kier alpha value is -0.360. The van der Waals surface area contributed by atoms with Crippen LogP contribution in [0.4, 0.5) is 0 Å². The summed E-state index contributed by atoms with van der Waals surface area (Å²) in [6, 6.07) is 4.28. The number of thiophene rings is 2. The van der Waals surface area contributed by atoms with E-state index >= 15 is 0 Å². The van der Waals surface area contributed by atoms with Crippen LogP contribution >= 0.6 is 38.6 Å². The minimum Gasteiger partial charge on any atom is -0.496 e. The molecular weight excluding hydrogens is 306 g/mol. The van der Waals surface area contributed by atoms with Gasteiger partial charge in [0.2, 0.25) is 0 Å². The SMILES string of the molecule is CNC(c1sccc1Br)c1sccc1OC. The van der Waals surface area contributed by atoms with Gasteiger partial charge in [-0.25, -0.2) is 0 Å². The molecule has 2 heterocycles. The molecule has 2 aromatic rings. The van der Waals surface area contributed by atoms with Crippen LogP contribution in [-0.2, 0) is 0 Å². The number of nitrogens with one attached hydrogen (secondary N) is 1. The molecule has 2 aromatic heterocycles. The number of halogens is 1. The molecule has 0 aromatic carbocycles. The van der Waals surface area contributed by atoms with Crippen LogP contribution in [0.2, 0.25) is 0 Å². The average Bonchev–Trinajstić information content (AvgIpc) is 2.90. The molecule has 0 fully saturated rings. The van der Waals surface area contributed by atoms with E-state index in [0.29, 0.717) is 0 Å². The monoisotopic (exact) mass is 317 g/mol. The number of hydrogen-bond acceptors (Lipinski definition) is 4. The summed E-state index contributed by atoms with van der Waals surface area (Å²) in [4.78, 5) is 2.50. The zero-order chi connectivity index (χ0) is 11.5. The summed E-state index contributed by atoms with van der Waals surface area (Å²) >= 11 is 7.03. The lowest BCUT2D eigenvalue weighted by Crippen LogP contribution is -2.16. The van der Waals surface area contributed by atoms with E-state index in [9.17, 15) is 0 Å². The first-order valence-electron chi connectivity index (χ1n) is 4.79. The van der Waals surface area contributed by atoms with Gasteiger partial charge in [-0.2, -0.15) is 0 Å². The van der Waals surface area contributed by atoms with Crippen LogP contribution in [0.3, 0.4) is 0 Å². The van der Waals surface area contributed by atoms with Gasteiger partial charge in [-0.05, 0) is 45.9 Å². The third-order valence-electron chi connectivity index (χ3n) is 2.34. The average molecular weight is 318 g/mol. The van der Waals surface area contributed by atoms with Crippen LogP contribution in [0.25, 0.3) is 0 Å². The molecule has 0 saturated heterocycles. The van der Waals surface area contributed by atoms with E-state index in [1.165, 1.54) is 9.75 Å². The quantitative estimate of drug-likeness (QED) is 0.923. The topological polar surface area (TPSA) is 21.3 Å². The standard InChI is InChI=1S/C11H12BrNOS2/c1-13-9(10-7(12)3-5-15-10)11-8(14-2)4-6-16-11/h3-6,9,13H,1-2H3. The van der Waals surface area contributed by atoms with Gasteiger partial charge in [0.25, 0.3) is 0 Å². The highest BCUT2D eigenvalue weighted by Gasteiger charge is 2.21. The fraction of sp³-hybridized carbons (Fsp3) is 0.273. The number of hydrogen-bond donors (Lipinski definition) is 1. The van der Waals surface area contributed by atoms with Crippen molar-refractivity contribution >= 4 is 38.6 Å². The molecule has 1 N–H and O–H groups in total. The van der Waals surface area contributed by atoms with Crippen molar-refractivity contribution in [2.45, 2.75) is 6.04 Å². The summed E-state index contributed by atoms with van der Waals surface area (Å²) in [6.07, 6.45) is 0. The minimum atomic E-state index is 0.198. The Labute approximate surface area is 111 Å². The van der Waals surface area contributed by atoms with E-state index in [2.05, 4.69) is 38.1 Å². The van der Waals surface area contributed by atoms with E-state index in [1.54, 1.807) is 29.8 Å². The Morgan fingerprint density at radius 2 is 1.94 bits per heavy atom. The van der Waals surface area contributed by atoms with Crippen LogP contribution in [0.15, 0.2) is 27.4 Å². The molecule has 0 aliphatic carbocycles. The van der Waals surface area contributed by atoms with Gasteiger partial charge < -0.3 is 10.1 Å². The Morgan fingerprint density at radius 1 is 1.25 bits per heavy atom. The molecule has 0 saturated carbocycles. The molecule has 2 nitrogen and oxygen atoms in total. The molecule has 16 heavy (non-hydrogen) atoms. The van der Waals surface area contributed by atoms with Crippen molar-refractivity contribution in [1.29, 1.82) is 0 Å². The molecule has 0 spiro atoms. The summed E-state index contributed by atoms with van der Waals surface area (Å²) in [5.41, 5.74) is 0. The second kappa shape index (κ2) is 5.31. The molecule has 0 bridgehead atoms. The van der Waals surface area contributed by atoms with Crippen molar-refractivity contribution in [3.8, 4) is 5.75 Å². The second-order valence-corrected chi connectivity index (χ2v) is 5.96. The molecule has 0 radical (unpaired) electrons. The van der Waals surface area contributed by atoms with Crippen molar-refractivity contribution in [1.82, 2.24) is 5.32 Å². The molecule has 0 aliphatic heterocycles. The molecule has 1 unspecified atom stereocenters. The lowest BCUT2D eigenvalue weighted by molar-refractivity contribution is 0.409. The highest BCUT2D eigenvalue weighted by atomic mass is 79.9. The maximum absolute atomic E-state index is 5.37. The number of ether oxygens (including phenoxy) is 1. The summed E-state index contributed by atoms with van der Waals surface area (Å²) in [5, 5.41) is 7.48. The molecule has 0 aliphatic rings. The second-order valence-electron chi connectivity index (χ2n) is 3.21. The minimum absolute atomic E-state index is 0.198. The van der Waals surface area contributed by atoms with Crippen molar-refractivity contribution in [3.05, 3.63) is 37.1 Å². The zero-order valence-electron chi connectivity index (χ0n) is 8.99. The van der Waals surface area contributed by atoms with Gasteiger partial charge in [0.15, 0.2) is 0 Å². The van der Waals surface area contributed by atoms with Crippen LogP contribution in [-0.4, -0.2) is 14.2 Å². The fourth-order valence-corrected chi connectivity index (χ4v) is 4.35. The Morgan fingerprint density at radius 3 is 2.50 bits per heavy atom. The highest BCUT2D eigenvalue weighted by molar-refractivity contribution is 9.10. The molecule has 5 heteroatoms. The zero-order valence-corrected chi connectivity index (χ0v) is 12.2. The van der Waals surface area contributed by atoms with E-state index in [1.807, 2.05) is 13.1 Å². The molecule has 86 valence electrons. The molecular formula is C11H12BrNOS2. The Balaban J connectivity index is 2.40. The largest absolute Gasteiger partial charge is 0.496 e. The summed E-state index contributed by atoms with van der Waals surface area (Å²) in [6.45, 7) is 0. The number of methoxy groups -OCH3 is 1. The van der Waals surface area contributed by atoms with E-state index < -0.39 is 0 Å². The van der Waals surface area contributed by atoms with Crippen molar-refractivity contribution in [3.63, 3.8) is 0 Å². The van der Waals surface area contributed by atoms with Gasteiger partial charge in [0, 0.05) is 9.35 Å². The lowest BCUT2D eigenvalue weighted by Gasteiger charge is -2.15. The fourth-order valence-electron chi connectivity index (χ4n) is 1.58. The summed E-state index contributed by atoms with van der Waals surface area (Å²) < 4.78 is 6.51. The van der Waals surface area contributed by atoms with Gasteiger partial charge in [-0.1, -0.05) is 0 Å². The van der Waals surface area contributed by atoms with Crippen molar-refractivity contribution < 1.29 is 4.74 Å². The predicted molar refractivity (Wildman–Crippen MR) is 73.8 cm³/mol. The number of rotatable bonds is 4. The Bertz CT molecular complexity index is 466. The van der Waals surface area contributed by atoms with Gasteiger partial charge in [-0.3, -0.25) is 0 Å². The van der Waals surface area contributed by atoms with Crippen LogP contribution < -0.4 is 10.1 Å². The first-order valence-corrected chi connectivity index (χ1v) is 7.34. The first kappa shape index (κ1) is 12.1. The molecule has 0 amide bonds. The van der Waals surface area contributed by atoms with Crippen molar-refractivity contribution in [2.75, 3.05) is 14.2 Å². The predicted octanol–water partition coefficient (Wildman–Crippen LogP) is 3.89. The van der Waals surface area contributed by atoms with Crippen LogP contribution in [0, 0.1) is 0 Å². The maximum Gasteiger partial charge on any atom is 0.134 e. The highest BCUT2D eigenvalue weighted by Crippen LogP contribution is 2.39. The van der Waals surface area contributed by atoms with Crippen LogP contribution in [0.1, 0.15) is 15.8 Å². The third-order valence-corrected chi connectivity index (χ3v) is 5.23. The van der Waals surface area contributed by atoms with Gasteiger partial charge in [0.1, 0.15) is 5.75 Å². The van der Waals surface area contributed by atoms with Gasteiger partial charge in [0.05, 0.1) is 18.0 Å². The smallest absolute Gasteiger partial charge is 0.134 e. The van der Waals surface area contributed by atoms with E-state index in [4.69, 9.17) is 4.74 Å². The van der Waals surface area contributed by atoms with Crippen molar-refractivity contribution in [2.24, 2.45) is 0 Å². The van der Waals surface area contributed by atoms with Crippen LogP contribution in [0.5, 0.6) is 5.75 Å². The van der Waals surface area contributed by atoms with E-state index in [0.717, 1.165) is 10.2 Å². The van der Waals surface area contributed by atoms with Gasteiger partial charge in [-0.15, -0.1) is 22.7 Å². The van der Waals surface area contributed by atoms with E-state index in [-0.39, 0.29) is 6.04 Å². The summed E-state index contributed by atoms with van der Waals surface area (Å²) in [7, 11) is 3.68. The first-order chi connectivity index (χ1) is 7.77. The molecule has 2 rings (SSSR count).